The molecule has 1 N–H and O–H groups in total. The first-order valence-electron chi connectivity index (χ1n) is 6.67. The maximum Gasteiger partial charge on any atom is 0.349 e. The normalized spacial score (nSPS) is 11.2. The van der Waals surface area contributed by atoms with Crippen LogP contribution in [0.2, 0.25) is 0 Å². The Morgan fingerprint density at radius 1 is 1.43 bits per heavy atom. The van der Waals surface area contributed by atoms with Gasteiger partial charge in [0.2, 0.25) is 0 Å². The van der Waals surface area contributed by atoms with Gasteiger partial charge in [0.15, 0.2) is 0 Å². The van der Waals surface area contributed by atoms with Crippen LogP contribution in [0.5, 0.6) is 0 Å². The van der Waals surface area contributed by atoms with Gasteiger partial charge in [-0.3, -0.25) is 4.79 Å². The zero-order valence-corrected chi connectivity index (χ0v) is 13.5. The van der Waals surface area contributed by atoms with Gasteiger partial charge in [-0.2, -0.15) is 0 Å². The molecule has 0 atom stereocenters. The summed E-state index contributed by atoms with van der Waals surface area (Å²) in [6, 6.07) is 5.34. The van der Waals surface area contributed by atoms with Crippen LogP contribution in [-0.4, -0.2) is 12.5 Å². The van der Waals surface area contributed by atoms with Gasteiger partial charge in [-0.1, -0.05) is 28.1 Å². The molecule has 1 aromatic carbocycles. The van der Waals surface area contributed by atoms with Crippen LogP contribution >= 0.6 is 15.9 Å². The number of nitrogens with one attached hydrogen (secondary N) is 1. The molecule has 110 valence electrons. The number of benzene rings is 1. The molecule has 1 amide bonds. The van der Waals surface area contributed by atoms with Crippen molar-refractivity contribution in [3.63, 3.8) is 0 Å². The second-order valence-corrected chi connectivity index (χ2v) is 5.56. The van der Waals surface area contributed by atoms with Crippen LogP contribution in [0.25, 0.3) is 11.0 Å². The predicted octanol–water partition coefficient (Wildman–Crippen LogP) is 3.56. The molecule has 0 fully saturated rings. The van der Waals surface area contributed by atoms with Crippen LogP contribution in [0.4, 0.5) is 0 Å². The Morgan fingerprint density at radius 3 is 2.90 bits per heavy atom. The monoisotopic (exact) mass is 349 g/mol. The predicted molar refractivity (Wildman–Crippen MR) is 86.7 cm³/mol. The average molecular weight is 350 g/mol. The van der Waals surface area contributed by atoms with Gasteiger partial charge in [0, 0.05) is 16.4 Å². The molecule has 2 aromatic rings. The van der Waals surface area contributed by atoms with Crippen LogP contribution in [-0.2, 0) is 0 Å². The molecule has 0 aliphatic heterocycles. The number of rotatable bonds is 4. The SMILES string of the molecule is CC=CCCNC(=O)c1c(C)c2cc(Br)ccc2oc1=O. The molecule has 0 bridgehead atoms. The summed E-state index contributed by atoms with van der Waals surface area (Å²) in [5.74, 6) is -0.396. The van der Waals surface area contributed by atoms with Gasteiger partial charge in [-0.25, -0.2) is 4.79 Å². The van der Waals surface area contributed by atoms with Crippen LogP contribution in [0.1, 0.15) is 29.3 Å². The van der Waals surface area contributed by atoms with Crippen molar-refractivity contribution >= 4 is 32.8 Å². The molecule has 0 unspecified atom stereocenters. The lowest BCUT2D eigenvalue weighted by Crippen LogP contribution is -2.30. The maximum absolute atomic E-state index is 12.2. The van der Waals surface area contributed by atoms with Gasteiger partial charge in [0.05, 0.1) is 0 Å². The third-order valence-electron chi connectivity index (χ3n) is 3.19. The Labute approximate surface area is 131 Å². The standard InChI is InChI=1S/C16H16BrNO3/c1-3-4-5-8-18-15(19)14-10(2)12-9-11(17)6-7-13(12)21-16(14)20/h3-4,6-7,9H,5,8H2,1-2H3,(H,18,19). The number of allylic oxidation sites excluding steroid dienone is 1. The summed E-state index contributed by atoms with van der Waals surface area (Å²) in [7, 11) is 0. The molecule has 0 spiro atoms. The molecule has 5 heteroatoms. The van der Waals surface area contributed by atoms with Crippen molar-refractivity contribution < 1.29 is 9.21 Å². The van der Waals surface area contributed by atoms with Crippen molar-refractivity contribution in [2.45, 2.75) is 20.3 Å². The number of hydrogen-bond acceptors (Lipinski definition) is 3. The Hall–Kier alpha value is -1.88. The summed E-state index contributed by atoms with van der Waals surface area (Å²) in [6.45, 7) is 4.16. The van der Waals surface area contributed by atoms with E-state index in [2.05, 4.69) is 21.2 Å². The average Bonchev–Trinajstić information content (AvgIpc) is 2.44. The number of hydrogen-bond donors (Lipinski definition) is 1. The van der Waals surface area contributed by atoms with E-state index in [1.165, 1.54) is 0 Å². The van der Waals surface area contributed by atoms with E-state index in [4.69, 9.17) is 4.42 Å². The molecular formula is C16H16BrNO3. The summed E-state index contributed by atoms with van der Waals surface area (Å²) in [5.41, 5.74) is 0.573. The van der Waals surface area contributed by atoms with Crippen LogP contribution < -0.4 is 10.9 Å². The van der Waals surface area contributed by atoms with Crippen molar-refractivity contribution in [2.75, 3.05) is 6.54 Å². The van der Waals surface area contributed by atoms with Gasteiger partial charge in [-0.15, -0.1) is 0 Å². The number of aryl methyl sites for hydroxylation is 1. The summed E-state index contributed by atoms with van der Waals surface area (Å²) in [4.78, 5) is 24.2. The maximum atomic E-state index is 12.2. The third-order valence-corrected chi connectivity index (χ3v) is 3.68. The highest BCUT2D eigenvalue weighted by molar-refractivity contribution is 9.10. The molecule has 0 radical (unpaired) electrons. The zero-order valence-electron chi connectivity index (χ0n) is 11.9. The molecule has 1 aromatic heterocycles. The van der Waals surface area contributed by atoms with E-state index in [0.29, 0.717) is 17.7 Å². The summed E-state index contributed by atoms with van der Waals surface area (Å²) in [6.07, 6.45) is 4.60. The number of carbonyl (C=O) groups excluding carboxylic acids is 1. The van der Waals surface area contributed by atoms with Gasteiger partial charge < -0.3 is 9.73 Å². The largest absolute Gasteiger partial charge is 0.422 e. The minimum atomic E-state index is -0.606. The fourth-order valence-electron chi connectivity index (χ4n) is 2.11. The van der Waals surface area contributed by atoms with E-state index in [1.807, 2.05) is 25.1 Å². The van der Waals surface area contributed by atoms with E-state index >= 15 is 0 Å². The molecule has 0 saturated heterocycles. The number of halogens is 1. The summed E-state index contributed by atoms with van der Waals surface area (Å²) >= 11 is 3.38. The smallest absolute Gasteiger partial charge is 0.349 e. The van der Waals surface area contributed by atoms with Gasteiger partial charge in [0.1, 0.15) is 11.1 Å². The first-order valence-corrected chi connectivity index (χ1v) is 7.46. The lowest BCUT2D eigenvalue weighted by Gasteiger charge is -2.08. The van der Waals surface area contributed by atoms with Crippen molar-refractivity contribution in [1.82, 2.24) is 5.32 Å². The van der Waals surface area contributed by atoms with E-state index in [1.54, 1.807) is 19.1 Å². The Morgan fingerprint density at radius 2 is 2.19 bits per heavy atom. The number of amides is 1. The second-order valence-electron chi connectivity index (χ2n) is 4.64. The Balaban J connectivity index is 2.39. The molecule has 0 saturated carbocycles. The van der Waals surface area contributed by atoms with Crippen molar-refractivity contribution in [2.24, 2.45) is 0 Å². The molecule has 21 heavy (non-hydrogen) atoms. The van der Waals surface area contributed by atoms with Crippen LogP contribution in [0.3, 0.4) is 0 Å². The lowest BCUT2D eigenvalue weighted by molar-refractivity contribution is 0.0950. The molecule has 2 rings (SSSR count). The minimum Gasteiger partial charge on any atom is -0.422 e. The molecular weight excluding hydrogens is 334 g/mol. The number of carbonyl (C=O) groups is 1. The third kappa shape index (κ3) is 3.42. The number of fused-ring (bicyclic) bond motifs is 1. The first kappa shape index (κ1) is 15.5. The quantitative estimate of drug-likeness (QED) is 0.521. The van der Waals surface area contributed by atoms with Gasteiger partial charge in [-0.05, 0) is 44.0 Å². The van der Waals surface area contributed by atoms with Crippen LogP contribution in [0.15, 0.2) is 44.0 Å². The van der Waals surface area contributed by atoms with Crippen molar-refractivity contribution in [3.8, 4) is 0 Å². The first-order chi connectivity index (χ1) is 10.0. The molecule has 1 heterocycles. The molecule has 4 nitrogen and oxygen atoms in total. The summed E-state index contributed by atoms with van der Waals surface area (Å²) in [5, 5.41) is 3.49. The van der Waals surface area contributed by atoms with E-state index in [0.717, 1.165) is 16.3 Å². The molecule has 0 aliphatic carbocycles. The second kappa shape index (κ2) is 6.72. The minimum absolute atomic E-state index is 0.0704. The topological polar surface area (TPSA) is 59.3 Å². The van der Waals surface area contributed by atoms with Crippen molar-refractivity contribution in [1.29, 1.82) is 0 Å². The van der Waals surface area contributed by atoms with Crippen molar-refractivity contribution in [3.05, 3.63) is 56.4 Å². The Bertz CT molecular complexity index is 762. The van der Waals surface area contributed by atoms with Gasteiger partial charge >= 0.3 is 5.63 Å². The lowest BCUT2D eigenvalue weighted by atomic mass is 10.1. The summed E-state index contributed by atoms with van der Waals surface area (Å²) < 4.78 is 6.09. The fourth-order valence-corrected chi connectivity index (χ4v) is 2.47. The fraction of sp³-hybridized carbons (Fsp3) is 0.250. The van der Waals surface area contributed by atoms with E-state index in [9.17, 15) is 9.59 Å². The van der Waals surface area contributed by atoms with Crippen LogP contribution in [0, 0.1) is 6.92 Å². The highest BCUT2D eigenvalue weighted by Gasteiger charge is 2.18. The van der Waals surface area contributed by atoms with E-state index < -0.39 is 11.5 Å². The Kier molecular flexibility index (Phi) is 4.96. The highest BCUT2D eigenvalue weighted by atomic mass is 79.9. The van der Waals surface area contributed by atoms with E-state index in [-0.39, 0.29) is 5.56 Å². The molecule has 0 aliphatic rings. The van der Waals surface area contributed by atoms with Gasteiger partial charge in [0.25, 0.3) is 5.91 Å². The highest BCUT2D eigenvalue weighted by Crippen LogP contribution is 2.23. The zero-order chi connectivity index (χ0) is 15.4.